The second-order valence-electron chi connectivity index (χ2n) is 2.83. The van der Waals surface area contributed by atoms with Crippen molar-refractivity contribution >= 4 is 23.2 Å². The minimum Gasteiger partial charge on any atom is -0.325 e. The quantitative estimate of drug-likeness (QED) is 0.585. The molecule has 0 saturated carbocycles. The molecule has 1 rings (SSSR count). The highest BCUT2D eigenvalue weighted by atomic mass is 35.5. The zero-order valence-electron chi connectivity index (χ0n) is 7.75. The molecule has 1 aromatic carbocycles. The van der Waals surface area contributed by atoms with Crippen molar-refractivity contribution in [3.63, 3.8) is 0 Å². The highest BCUT2D eigenvalue weighted by molar-refractivity contribution is 6.32. The molecule has 1 aromatic rings. The zero-order valence-corrected chi connectivity index (χ0v) is 8.51. The maximum atomic E-state index is 11.2. The highest BCUT2D eigenvalue weighted by Crippen LogP contribution is 2.09. The van der Waals surface area contributed by atoms with Gasteiger partial charge in [-0.1, -0.05) is 5.92 Å². The van der Waals surface area contributed by atoms with E-state index >= 15 is 0 Å². The lowest BCUT2D eigenvalue weighted by Crippen LogP contribution is -2.20. The van der Waals surface area contributed by atoms with Gasteiger partial charge in [-0.05, 0) is 31.2 Å². The lowest BCUT2D eigenvalue weighted by molar-refractivity contribution is -0.115. The van der Waals surface area contributed by atoms with E-state index < -0.39 is 5.38 Å². The summed E-state index contributed by atoms with van der Waals surface area (Å²) in [7, 11) is 0. The molecule has 0 fully saturated rings. The zero-order chi connectivity index (χ0) is 10.6. The number of nitrogens with one attached hydrogen (secondary N) is 1. The van der Waals surface area contributed by atoms with Crippen LogP contribution in [0.4, 0.5) is 5.69 Å². The number of benzene rings is 1. The summed E-state index contributed by atoms with van der Waals surface area (Å²) in [6, 6.07) is 7.00. The number of halogens is 1. The van der Waals surface area contributed by atoms with Crippen LogP contribution in [-0.4, -0.2) is 11.3 Å². The first-order chi connectivity index (χ1) is 6.63. The largest absolute Gasteiger partial charge is 0.325 e. The lowest BCUT2D eigenvalue weighted by atomic mass is 10.2. The van der Waals surface area contributed by atoms with E-state index in [1.165, 1.54) is 0 Å². The third-order valence-electron chi connectivity index (χ3n) is 1.68. The molecule has 0 bridgehead atoms. The first kappa shape index (κ1) is 10.6. The van der Waals surface area contributed by atoms with Gasteiger partial charge in [0.15, 0.2) is 0 Å². The van der Waals surface area contributed by atoms with Gasteiger partial charge in [0, 0.05) is 11.3 Å². The summed E-state index contributed by atoms with van der Waals surface area (Å²) >= 11 is 5.59. The summed E-state index contributed by atoms with van der Waals surface area (Å²) in [4.78, 5) is 11.2. The fourth-order valence-corrected chi connectivity index (χ4v) is 0.946. The summed E-state index contributed by atoms with van der Waals surface area (Å²) < 4.78 is 0. The number of anilines is 1. The van der Waals surface area contributed by atoms with Crippen LogP contribution >= 0.6 is 11.6 Å². The topological polar surface area (TPSA) is 29.1 Å². The van der Waals surface area contributed by atoms with E-state index in [0.717, 1.165) is 5.56 Å². The van der Waals surface area contributed by atoms with Crippen molar-refractivity contribution in [2.75, 3.05) is 5.32 Å². The maximum absolute atomic E-state index is 11.2. The monoisotopic (exact) mass is 207 g/mol. The number of amides is 1. The fraction of sp³-hybridized carbons (Fsp3) is 0.182. The normalized spacial score (nSPS) is 11.5. The van der Waals surface area contributed by atoms with E-state index in [9.17, 15) is 4.79 Å². The molecule has 0 aliphatic rings. The van der Waals surface area contributed by atoms with E-state index in [4.69, 9.17) is 18.0 Å². The molecule has 2 nitrogen and oxygen atoms in total. The Morgan fingerprint density at radius 1 is 1.50 bits per heavy atom. The van der Waals surface area contributed by atoms with Crippen LogP contribution in [0.25, 0.3) is 0 Å². The highest BCUT2D eigenvalue weighted by Gasteiger charge is 2.08. The van der Waals surface area contributed by atoms with Crippen LogP contribution in [0.15, 0.2) is 24.3 Å². The molecule has 0 aliphatic heterocycles. The van der Waals surface area contributed by atoms with Crippen molar-refractivity contribution in [1.29, 1.82) is 0 Å². The Hall–Kier alpha value is -1.46. The van der Waals surface area contributed by atoms with Crippen molar-refractivity contribution < 1.29 is 4.79 Å². The Labute approximate surface area is 88.3 Å². The van der Waals surface area contributed by atoms with Crippen LogP contribution in [-0.2, 0) is 4.79 Å². The van der Waals surface area contributed by atoms with E-state index in [2.05, 4.69) is 11.2 Å². The van der Waals surface area contributed by atoms with Gasteiger partial charge in [-0.2, -0.15) is 0 Å². The van der Waals surface area contributed by atoms with Gasteiger partial charge in [-0.3, -0.25) is 4.79 Å². The third-order valence-corrected chi connectivity index (χ3v) is 1.88. The average Bonchev–Trinajstić information content (AvgIpc) is 2.19. The summed E-state index contributed by atoms with van der Waals surface area (Å²) in [5.74, 6) is 2.27. The molecule has 1 amide bonds. The van der Waals surface area contributed by atoms with Crippen LogP contribution in [0.2, 0.25) is 0 Å². The summed E-state index contributed by atoms with van der Waals surface area (Å²) in [5.41, 5.74) is 1.48. The predicted molar refractivity (Wildman–Crippen MR) is 58.3 cm³/mol. The number of carbonyl (C=O) groups excluding carboxylic acids is 1. The van der Waals surface area contributed by atoms with Gasteiger partial charge < -0.3 is 5.32 Å². The molecule has 72 valence electrons. The van der Waals surface area contributed by atoms with Crippen molar-refractivity contribution in [3.8, 4) is 12.3 Å². The molecule has 0 spiro atoms. The van der Waals surface area contributed by atoms with Gasteiger partial charge in [0.2, 0.25) is 5.91 Å². The Kier molecular flexibility index (Phi) is 3.55. The van der Waals surface area contributed by atoms with Crippen LogP contribution in [0.3, 0.4) is 0 Å². The van der Waals surface area contributed by atoms with Crippen LogP contribution in [0.5, 0.6) is 0 Å². The Morgan fingerprint density at radius 2 is 2.07 bits per heavy atom. The van der Waals surface area contributed by atoms with Crippen molar-refractivity contribution in [1.82, 2.24) is 0 Å². The van der Waals surface area contributed by atoms with Crippen molar-refractivity contribution in [3.05, 3.63) is 29.8 Å². The standard InChI is InChI=1S/C11H10ClNO/c1-3-9-4-6-10(7-5-9)13-11(14)8(2)12/h1,4-8H,2H3,(H,13,14). The second kappa shape index (κ2) is 4.69. The van der Waals surface area contributed by atoms with E-state index in [-0.39, 0.29) is 5.91 Å². The molecule has 1 unspecified atom stereocenters. The summed E-state index contributed by atoms with van der Waals surface area (Å²) in [5, 5.41) is 2.11. The Bertz CT molecular complexity index is 362. The van der Waals surface area contributed by atoms with Crippen molar-refractivity contribution in [2.24, 2.45) is 0 Å². The molecule has 0 radical (unpaired) electrons. The van der Waals surface area contributed by atoms with Gasteiger partial charge in [-0.15, -0.1) is 18.0 Å². The van der Waals surface area contributed by atoms with Gasteiger partial charge >= 0.3 is 0 Å². The van der Waals surface area contributed by atoms with E-state index in [0.29, 0.717) is 5.69 Å². The summed E-state index contributed by atoms with van der Waals surface area (Å²) in [6.45, 7) is 1.62. The Morgan fingerprint density at radius 3 is 2.50 bits per heavy atom. The molecular weight excluding hydrogens is 198 g/mol. The molecular formula is C11H10ClNO. The fourth-order valence-electron chi connectivity index (χ4n) is 0.891. The first-order valence-corrected chi connectivity index (χ1v) is 4.58. The van der Waals surface area contributed by atoms with Crippen LogP contribution in [0, 0.1) is 12.3 Å². The minimum atomic E-state index is -0.540. The lowest BCUT2D eigenvalue weighted by Gasteiger charge is -2.05. The smallest absolute Gasteiger partial charge is 0.242 e. The average molecular weight is 208 g/mol. The van der Waals surface area contributed by atoms with Gasteiger partial charge in [0.05, 0.1) is 0 Å². The van der Waals surface area contributed by atoms with Crippen LogP contribution in [0.1, 0.15) is 12.5 Å². The molecule has 0 aromatic heterocycles. The second-order valence-corrected chi connectivity index (χ2v) is 3.48. The molecule has 0 saturated heterocycles. The molecule has 1 N–H and O–H groups in total. The number of terminal acetylenes is 1. The molecule has 3 heteroatoms. The minimum absolute atomic E-state index is 0.222. The van der Waals surface area contributed by atoms with E-state index in [1.807, 2.05) is 0 Å². The van der Waals surface area contributed by atoms with Crippen LogP contribution < -0.4 is 5.32 Å². The number of carbonyl (C=O) groups is 1. The Balaban J connectivity index is 2.70. The number of rotatable bonds is 2. The maximum Gasteiger partial charge on any atom is 0.242 e. The molecule has 14 heavy (non-hydrogen) atoms. The van der Waals surface area contributed by atoms with Gasteiger partial charge in [0.25, 0.3) is 0 Å². The molecule has 0 heterocycles. The van der Waals surface area contributed by atoms with Crippen molar-refractivity contribution in [2.45, 2.75) is 12.3 Å². The summed E-state index contributed by atoms with van der Waals surface area (Å²) in [6.07, 6.45) is 5.19. The van der Waals surface area contributed by atoms with Gasteiger partial charge in [0.1, 0.15) is 5.38 Å². The molecule has 1 atom stereocenters. The third kappa shape index (κ3) is 2.79. The number of alkyl halides is 1. The first-order valence-electron chi connectivity index (χ1n) is 4.15. The van der Waals surface area contributed by atoms with E-state index in [1.54, 1.807) is 31.2 Å². The number of hydrogen-bond acceptors (Lipinski definition) is 1. The predicted octanol–water partition coefficient (Wildman–Crippen LogP) is 2.23. The SMILES string of the molecule is C#Cc1ccc(NC(=O)C(C)Cl)cc1. The molecule has 0 aliphatic carbocycles. The number of hydrogen-bond donors (Lipinski definition) is 1. The van der Waals surface area contributed by atoms with Gasteiger partial charge in [-0.25, -0.2) is 0 Å².